The van der Waals surface area contributed by atoms with Crippen LogP contribution < -0.4 is 25.0 Å². The molecule has 0 fully saturated rings. The summed E-state index contributed by atoms with van der Waals surface area (Å²) in [5.74, 6) is 0.433. The molecule has 7 nitrogen and oxygen atoms in total. The summed E-state index contributed by atoms with van der Waals surface area (Å²) in [7, 11) is 3.92. The van der Waals surface area contributed by atoms with E-state index in [1.165, 1.54) is 0 Å². The van der Waals surface area contributed by atoms with Crippen molar-refractivity contribution in [3.8, 4) is 11.5 Å². The van der Waals surface area contributed by atoms with E-state index in [1.54, 1.807) is 18.2 Å². The third-order valence-electron chi connectivity index (χ3n) is 4.22. The number of amides is 2. The second kappa shape index (κ2) is 10.4. The number of ether oxygens (including phenoxy) is 2. The molecule has 0 saturated carbocycles. The molecule has 0 unspecified atom stereocenters. The zero-order valence-corrected chi connectivity index (χ0v) is 17.7. The molecule has 29 heavy (non-hydrogen) atoms. The van der Waals surface area contributed by atoms with Gasteiger partial charge in [-0.25, -0.2) is 0 Å². The molecule has 0 bridgehead atoms. The Morgan fingerprint density at radius 2 is 1.66 bits per heavy atom. The summed E-state index contributed by atoms with van der Waals surface area (Å²) in [4.78, 5) is 26.7. The molecule has 0 saturated heterocycles. The predicted molar refractivity (Wildman–Crippen MR) is 115 cm³/mol. The zero-order chi connectivity index (χ0) is 21.4. The molecular weight excluding hydrogens is 370 g/mol. The van der Waals surface area contributed by atoms with Crippen LogP contribution in [0.2, 0.25) is 0 Å². The highest BCUT2D eigenvalue weighted by atomic mass is 16.5. The van der Waals surface area contributed by atoms with Gasteiger partial charge in [-0.1, -0.05) is 0 Å². The number of nitrogens with zero attached hydrogens (tertiary/aromatic N) is 1. The van der Waals surface area contributed by atoms with E-state index in [1.807, 2.05) is 58.0 Å². The minimum Gasteiger partial charge on any atom is -0.490 e. The average molecular weight is 399 g/mol. The molecule has 0 aliphatic heterocycles. The summed E-state index contributed by atoms with van der Waals surface area (Å²) in [5.41, 5.74) is 3.11. The van der Waals surface area contributed by atoms with Gasteiger partial charge in [0.15, 0.2) is 11.5 Å². The van der Waals surface area contributed by atoms with Crippen molar-refractivity contribution in [1.29, 1.82) is 0 Å². The number of rotatable bonds is 9. The molecule has 2 aromatic rings. The average Bonchev–Trinajstić information content (AvgIpc) is 2.69. The monoisotopic (exact) mass is 399 g/mol. The first-order valence-corrected chi connectivity index (χ1v) is 9.61. The molecule has 2 amide bonds. The summed E-state index contributed by atoms with van der Waals surface area (Å²) in [5, 5.41) is 5.46. The highest BCUT2D eigenvalue weighted by Crippen LogP contribution is 2.28. The van der Waals surface area contributed by atoms with Crippen molar-refractivity contribution in [1.82, 2.24) is 5.32 Å². The molecular formula is C22H29N3O4. The van der Waals surface area contributed by atoms with Crippen molar-refractivity contribution in [2.24, 2.45) is 0 Å². The van der Waals surface area contributed by atoms with Gasteiger partial charge in [-0.05, 0) is 62.7 Å². The number of aryl methyl sites for hydroxylation is 1. The first kappa shape index (κ1) is 22.1. The molecule has 0 aliphatic rings. The molecule has 0 aromatic heterocycles. The maximum Gasteiger partial charge on any atom is 0.251 e. The lowest BCUT2D eigenvalue weighted by Crippen LogP contribution is -2.33. The van der Waals surface area contributed by atoms with Gasteiger partial charge in [0, 0.05) is 31.0 Å². The van der Waals surface area contributed by atoms with Crippen LogP contribution in [0.15, 0.2) is 36.4 Å². The quantitative estimate of drug-likeness (QED) is 0.677. The fourth-order valence-corrected chi connectivity index (χ4v) is 2.72. The summed E-state index contributed by atoms with van der Waals surface area (Å²) < 4.78 is 11.0. The van der Waals surface area contributed by atoms with Crippen molar-refractivity contribution in [3.63, 3.8) is 0 Å². The summed E-state index contributed by atoms with van der Waals surface area (Å²) in [6.07, 6.45) is 0. The highest BCUT2D eigenvalue weighted by molar-refractivity contribution is 6.00. The van der Waals surface area contributed by atoms with Gasteiger partial charge in [0.2, 0.25) is 5.91 Å². The van der Waals surface area contributed by atoms with Gasteiger partial charge in [-0.2, -0.15) is 0 Å². The Bertz CT molecular complexity index is 865. The van der Waals surface area contributed by atoms with Gasteiger partial charge < -0.3 is 25.0 Å². The molecule has 2 N–H and O–H groups in total. The third-order valence-corrected chi connectivity index (χ3v) is 4.22. The van der Waals surface area contributed by atoms with E-state index < -0.39 is 0 Å². The number of anilines is 2. The van der Waals surface area contributed by atoms with Crippen LogP contribution in [-0.4, -0.2) is 45.7 Å². The van der Waals surface area contributed by atoms with Crippen LogP contribution in [0, 0.1) is 6.92 Å². The van der Waals surface area contributed by atoms with E-state index in [9.17, 15) is 9.59 Å². The molecule has 0 heterocycles. The van der Waals surface area contributed by atoms with Crippen molar-refractivity contribution < 1.29 is 19.1 Å². The topological polar surface area (TPSA) is 79.9 Å². The van der Waals surface area contributed by atoms with Crippen molar-refractivity contribution in [2.75, 3.05) is 44.1 Å². The number of benzene rings is 2. The van der Waals surface area contributed by atoms with Crippen LogP contribution in [0.1, 0.15) is 29.8 Å². The van der Waals surface area contributed by atoms with Gasteiger partial charge in [-0.3, -0.25) is 9.59 Å². The van der Waals surface area contributed by atoms with Crippen molar-refractivity contribution in [3.05, 3.63) is 47.5 Å². The fraction of sp³-hybridized carbons (Fsp3) is 0.364. The maximum absolute atomic E-state index is 12.4. The Kier molecular flexibility index (Phi) is 7.88. The standard InChI is InChI=1S/C22H29N3O4/c1-6-28-19-11-8-16(13-20(19)29-7-2)22(27)23-14-21(26)24-18-10-9-17(25(4)5)12-15(18)3/h8-13H,6-7,14H2,1-5H3,(H,23,27)(H,24,26). The number of carbonyl (C=O) groups excluding carboxylic acids is 2. The Labute approximate surface area is 172 Å². The molecule has 2 rings (SSSR count). The normalized spacial score (nSPS) is 10.2. The van der Waals surface area contributed by atoms with Gasteiger partial charge in [0.25, 0.3) is 5.91 Å². The van der Waals surface area contributed by atoms with Crippen LogP contribution in [0.25, 0.3) is 0 Å². The lowest BCUT2D eigenvalue weighted by atomic mass is 10.1. The highest BCUT2D eigenvalue weighted by Gasteiger charge is 2.13. The molecule has 7 heteroatoms. The summed E-state index contributed by atoms with van der Waals surface area (Å²) in [6.45, 7) is 6.49. The van der Waals surface area contributed by atoms with Gasteiger partial charge in [0.1, 0.15) is 0 Å². The molecule has 0 spiro atoms. The first-order valence-electron chi connectivity index (χ1n) is 9.61. The van der Waals surface area contributed by atoms with Gasteiger partial charge in [-0.15, -0.1) is 0 Å². The lowest BCUT2D eigenvalue weighted by Gasteiger charge is -2.16. The largest absolute Gasteiger partial charge is 0.490 e. The van der Waals surface area contributed by atoms with Crippen molar-refractivity contribution in [2.45, 2.75) is 20.8 Å². The number of hydrogen-bond acceptors (Lipinski definition) is 5. The van der Waals surface area contributed by atoms with E-state index in [-0.39, 0.29) is 18.4 Å². The maximum atomic E-state index is 12.4. The van der Waals surface area contributed by atoms with Gasteiger partial charge in [0.05, 0.1) is 19.8 Å². The van der Waals surface area contributed by atoms with E-state index >= 15 is 0 Å². The van der Waals surface area contributed by atoms with E-state index in [2.05, 4.69) is 10.6 Å². The van der Waals surface area contributed by atoms with E-state index in [0.717, 1.165) is 16.9 Å². The number of hydrogen-bond donors (Lipinski definition) is 2. The second-order valence-corrected chi connectivity index (χ2v) is 6.65. The SMILES string of the molecule is CCOc1ccc(C(=O)NCC(=O)Nc2ccc(N(C)C)cc2C)cc1OCC. The minimum atomic E-state index is -0.358. The molecule has 0 aliphatic carbocycles. The second-order valence-electron chi connectivity index (χ2n) is 6.65. The Morgan fingerprint density at radius 1 is 0.966 bits per heavy atom. The van der Waals surface area contributed by atoms with Crippen LogP contribution in [0.5, 0.6) is 11.5 Å². The van der Waals surface area contributed by atoms with Crippen LogP contribution in [0.3, 0.4) is 0 Å². The Balaban J connectivity index is 1.98. The van der Waals surface area contributed by atoms with E-state index in [4.69, 9.17) is 9.47 Å². The lowest BCUT2D eigenvalue weighted by molar-refractivity contribution is -0.115. The van der Waals surface area contributed by atoms with Crippen LogP contribution >= 0.6 is 0 Å². The molecule has 156 valence electrons. The zero-order valence-electron chi connectivity index (χ0n) is 17.7. The summed E-state index contributed by atoms with van der Waals surface area (Å²) >= 11 is 0. The predicted octanol–water partition coefficient (Wildman–Crippen LogP) is 3.23. The third kappa shape index (κ3) is 6.14. The molecule has 2 aromatic carbocycles. The molecule has 0 radical (unpaired) electrons. The first-order chi connectivity index (χ1) is 13.8. The fourth-order valence-electron chi connectivity index (χ4n) is 2.72. The minimum absolute atomic E-state index is 0.134. The van der Waals surface area contributed by atoms with Crippen molar-refractivity contribution >= 4 is 23.2 Å². The Morgan fingerprint density at radius 3 is 2.28 bits per heavy atom. The number of carbonyl (C=O) groups is 2. The van der Waals surface area contributed by atoms with Crippen LogP contribution in [-0.2, 0) is 4.79 Å². The Hall–Kier alpha value is -3.22. The molecule has 0 atom stereocenters. The van der Waals surface area contributed by atoms with E-state index in [0.29, 0.717) is 30.3 Å². The number of nitrogens with one attached hydrogen (secondary N) is 2. The van der Waals surface area contributed by atoms with Gasteiger partial charge >= 0.3 is 0 Å². The van der Waals surface area contributed by atoms with Crippen LogP contribution in [0.4, 0.5) is 11.4 Å². The summed E-state index contributed by atoms with van der Waals surface area (Å²) in [6, 6.07) is 10.7. The smallest absolute Gasteiger partial charge is 0.251 e.